The Hall–Kier alpha value is -3.98. The van der Waals surface area contributed by atoms with Crippen molar-refractivity contribution in [2.75, 3.05) is 4.72 Å². The van der Waals surface area contributed by atoms with Crippen molar-refractivity contribution in [1.29, 1.82) is 0 Å². The molecule has 180 valence electrons. The standard InChI is InChI=1S/C26H26N4O4S/c1-3-6-23-25(12-11-22(17(2)31)26(23)32)34-16-18-7-4-10-21(13-18)35(33)29-20-9-5-8-19(14-20)24-15-27-30-28-24/h4-5,7-15,32H,3,6,16H2,1-2H3,(H,29,33)(H,27,28,30)/p+1. The zero-order valence-corrected chi connectivity index (χ0v) is 20.4. The molecule has 0 aliphatic carbocycles. The Kier molecular flexibility index (Phi) is 7.57. The highest BCUT2D eigenvalue weighted by Crippen LogP contribution is 2.33. The van der Waals surface area contributed by atoms with Gasteiger partial charge in [-0.3, -0.25) is 4.79 Å². The number of ether oxygens (including phenoxy) is 1. The number of phenols is 1. The molecule has 8 nitrogen and oxygen atoms in total. The van der Waals surface area contributed by atoms with Crippen LogP contribution in [0.3, 0.4) is 0 Å². The van der Waals surface area contributed by atoms with E-state index in [9.17, 15) is 14.1 Å². The number of hydrogen-bond acceptors (Lipinski definition) is 6. The Balaban J connectivity index is 1.47. The number of H-pyrrole nitrogens is 1. The monoisotopic (exact) mass is 491 g/mol. The van der Waals surface area contributed by atoms with Crippen molar-refractivity contribution in [1.82, 2.24) is 15.4 Å². The number of hydrogen-bond donors (Lipinski definition) is 3. The van der Waals surface area contributed by atoms with Gasteiger partial charge in [-0.1, -0.05) is 41.8 Å². The first-order chi connectivity index (χ1) is 17.0. The van der Waals surface area contributed by atoms with Crippen molar-refractivity contribution in [3.8, 4) is 22.8 Å². The van der Waals surface area contributed by atoms with Crippen LogP contribution in [0.2, 0.25) is 0 Å². The quantitative estimate of drug-likeness (QED) is 0.163. The van der Waals surface area contributed by atoms with E-state index in [2.05, 4.69) is 20.1 Å². The first-order valence-electron chi connectivity index (χ1n) is 11.2. The average molecular weight is 492 g/mol. The lowest BCUT2D eigenvalue weighted by Crippen LogP contribution is -2.06. The molecular weight excluding hydrogens is 464 g/mol. The molecule has 0 spiro atoms. The summed E-state index contributed by atoms with van der Waals surface area (Å²) in [6.07, 6.45) is 3.01. The number of nitrogens with zero attached hydrogens (tertiary/aromatic N) is 2. The molecule has 4 rings (SSSR count). The Morgan fingerprint density at radius 1 is 1.14 bits per heavy atom. The van der Waals surface area contributed by atoms with E-state index >= 15 is 0 Å². The molecule has 0 aliphatic rings. The van der Waals surface area contributed by atoms with Crippen LogP contribution in [-0.2, 0) is 28.2 Å². The number of thiol groups is 1. The summed E-state index contributed by atoms with van der Waals surface area (Å²) in [6.45, 7) is 3.66. The number of Topliss-reactive ketones (excluding diaryl/α,β-unsaturated/α-hetero) is 1. The number of aromatic nitrogens is 3. The summed E-state index contributed by atoms with van der Waals surface area (Å²) < 4.78 is 22.1. The van der Waals surface area contributed by atoms with Gasteiger partial charge >= 0.3 is 0 Å². The zero-order chi connectivity index (χ0) is 24.8. The zero-order valence-electron chi connectivity index (χ0n) is 19.5. The summed E-state index contributed by atoms with van der Waals surface area (Å²) in [4.78, 5) is 12.4. The van der Waals surface area contributed by atoms with E-state index < -0.39 is 11.0 Å². The number of rotatable bonds is 10. The molecule has 9 heteroatoms. The van der Waals surface area contributed by atoms with Gasteiger partial charge in [-0.05, 0) is 49.2 Å². The number of nitrogens with one attached hydrogen (secondary N) is 2. The number of benzene rings is 3. The summed E-state index contributed by atoms with van der Waals surface area (Å²) in [5, 5.41) is 21.0. The number of anilines is 1. The highest BCUT2D eigenvalue weighted by Gasteiger charge is 2.17. The van der Waals surface area contributed by atoms with E-state index in [0.29, 0.717) is 39.6 Å². The highest BCUT2D eigenvalue weighted by atomic mass is 32.2. The van der Waals surface area contributed by atoms with E-state index in [0.717, 1.165) is 17.5 Å². The highest BCUT2D eigenvalue weighted by molar-refractivity contribution is 7.86. The van der Waals surface area contributed by atoms with Crippen LogP contribution in [0.25, 0.3) is 11.3 Å². The fourth-order valence-electron chi connectivity index (χ4n) is 3.73. The minimum Gasteiger partial charge on any atom is -0.507 e. The van der Waals surface area contributed by atoms with Crippen molar-refractivity contribution in [3.05, 3.63) is 83.6 Å². The molecule has 0 aliphatic heterocycles. The van der Waals surface area contributed by atoms with E-state index in [1.165, 1.54) is 6.92 Å². The van der Waals surface area contributed by atoms with Crippen molar-refractivity contribution >= 4 is 22.5 Å². The first-order valence-corrected chi connectivity index (χ1v) is 12.5. The minimum absolute atomic E-state index is 0.0225. The molecule has 3 N–H and O–H groups in total. The van der Waals surface area contributed by atoms with Gasteiger partial charge in [0.05, 0.1) is 17.4 Å². The fourth-order valence-corrected chi connectivity index (χ4v) is 4.74. The molecule has 4 aromatic rings. The molecule has 3 aromatic carbocycles. The summed E-state index contributed by atoms with van der Waals surface area (Å²) in [5.41, 5.74) is 4.01. The van der Waals surface area contributed by atoms with E-state index in [1.807, 2.05) is 49.4 Å². The third-order valence-electron chi connectivity index (χ3n) is 5.46. The second-order valence-corrected chi connectivity index (χ2v) is 9.37. The number of aromatic hydroxyl groups is 1. The molecule has 0 fully saturated rings. The second-order valence-electron chi connectivity index (χ2n) is 8.05. The van der Waals surface area contributed by atoms with Gasteiger partial charge in [-0.2, -0.15) is 15.4 Å². The maximum Gasteiger partial charge on any atom is 0.197 e. The van der Waals surface area contributed by atoms with Gasteiger partial charge in [0.2, 0.25) is 0 Å². The SMILES string of the molecule is CCCc1c(OCc2cccc([SH+](=O)Nc3cccc(-c4cn[nH]n4)c3)c2)ccc(C(C)=O)c1O. The summed E-state index contributed by atoms with van der Waals surface area (Å²) in [7, 11) is -1.91. The van der Waals surface area contributed by atoms with Crippen LogP contribution >= 0.6 is 0 Å². The van der Waals surface area contributed by atoms with Gasteiger partial charge in [-0.15, -0.1) is 0 Å². The molecule has 0 saturated carbocycles. The van der Waals surface area contributed by atoms with Gasteiger partial charge < -0.3 is 9.84 Å². The van der Waals surface area contributed by atoms with Crippen LogP contribution in [0.15, 0.2) is 71.8 Å². The van der Waals surface area contributed by atoms with Crippen molar-refractivity contribution in [3.63, 3.8) is 0 Å². The lowest BCUT2D eigenvalue weighted by Gasteiger charge is -2.14. The van der Waals surface area contributed by atoms with Crippen LogP contribution in [0, 0.1) is 0 Å². The van der Waals surface area contributed by atoms with E-state index in [1.54, 1.807) is 24.4 Å². The molecule has 0 radical (unpaired) electrons. The second kappa shape index (κ2) is 11.0. The van der Waals surface area contributed by atoms with Gasteiger partial charge in [0.1, 0.15) is 23.8 Å². The van der Waals surface area contributed by atoms with Gasteiger partial charge in [0.25, 0.3) is 0 Å². The molecule has 1 unspecified atom stereocenters. The molecule has 0 bridgehead atoms. The van der Waals surface area contributed by atoms with Crippen LogP contribution in [-0.4, -0.2) is 26.3 Å². The van der Waals surface area contributed by atoms with E-state index in [-0.39, 0.29) is 18.1 Å². The molecule has 1 heterocycles. The summed E-state index contributed by atoms with van der Waals surface area (Å²) in [5.74, 6) is 0.319. The van der Waals surface area contributed by atoms with E-state index in [4.69, 9.17) is 4.74 Å². The first kappa shape index (κ1) is 24.2. The minimum atomic E-state index is -1.91. The summed E-state index contributed by atoms with van der Waals surface area (Å²) in [6, 6.07) is 18.1. The number of phenolic OH excluding ortho intramolecular Hbond substituents is 1. The average Bonchev–Trinajstić information content (AvgIpc) is 3.40. The fraction of sp³-hybridized carbons (Fsp3) is 0.192. The maximum absolute atomic E-state index is 13.0. The van der Waals surface area contributed by atoms with Crippen molar-refractivity contribution in [2.45, 2.75) is 38.2 Å². The topological polar surface area (TPSA) is 117 Å². The smallest absolute Gasteiger partial charge is 0.197 e. The lowest BCUT2D eigenvalue weighted by atomic mass is 10.0. The normalized spacial score (nSPS) is 11.7. The maximum atomic E-state index is 13.0. The molecule has 0 saturated heterocycles. The molecule has 1 atom stereocenters. The van der Waals surface area contributed by atoms with Crippen molar-refractivity contribution < 1.29 is 18.8 Å². The third kappa shape index (κ3) is 5.75. The van der Waals surface area contributed by atoms with Crippen LogP contribution in [0.4, 0.5) is 5.69 Å². The Morgan fingerprint density at radius 3 is 2.71 bits per heavy atom. The van der Waals surface area contributed by atoms with Crippen LogP contribution in [0.1, 0.15) is 41.8 Å². The predicted octanol–water partition coefficient (Wildman–Crippen LogP) is 4.99. The number of aromatic amines is 1. The Bertz CT molecular complexity index is 1360. The van der Waals surface area contributed by atoms with Crippen LogP contribution < -0.4 is 9.46 Å². The molecule has 35 heavy (non-hydrogen) atoms. The number of carbonyl (C=O) groups is 1. The number of carbonyl (C=O) groups excluding carboxylic acids is 1. The van der Waals surface area contributed by atoms with Crippen molar-refractivity contribution in [2.24, 2.45) is 0 Å². The Morgan fingerprint density at radius 2 is 1.97 bits per heavy atom. The van der Waals surface area contributed by atoms with Gasteiger partial charge in [-0.25, -0.2) is 4.72 Å². The predicted molar refractivity (Wildman–Crippen MR) is 136 cm³/mol. The lowest BCUT2D eigenvalue weighted by molar-refractivity contribution is 0.101. The molecular formula is C26H27N4O4S+. The molecule has 1 aromatic heterocycles. The third-order valence-corrected chi connectivity index (χ3v) is 6.67. The Labute approximate surface area is 206 Å². The largest absolute Gasteiger partial charge is 0.507 e. The van der Waals surface area contributed by atoms with Crippen LogP contribution in [0.5, 0.6) is 11.5 Å². The summed E-state index contributed by atoms with van der Waals surface area (Å²) >= 11 is 0. The molecule has 0 amide bonds. The number of ketones is 1. The van der Waals surface area contributed by atoms with Gasteiger partial charge in [0.15, 0.2) is 21.7 Å². The van der Waals surface area contributed by atoms with Gasteiger partial charge in [0, 0.05) is 17.2 Å².